The van der Waals surface area contributed by atoms with Crippen molar-refractivity contribution >= 4 is 5.82 Å². The second kappa shape index (κ2) is 7.33. The Labute approximate surface area is 156 Å². The van der Waals surface area contributed by atoms with Gasteiger partial charge in [0.1, 0.15) is 17.7 Å². The maximum Gasteiger partial charge on any atom is 0.332 e. The number of aromatic nitrogens is 4. The van der Waals surface area contributed by atoms with E-state index in [9.17, 15) is 14.9 Å². The van der Waals surface area contributed by atoms with Crippen molar-refractivity contribution in [3.63, 3.8) is 0 Å². The molecule has 27 heavy (non-hydrogen) atoms. The molecule has 2 heterocycles. The fraction of sp³-hybridized carbons (Fsp3) is 0.263. The van der Waals surface area contributed by atoms with Crippen molar-refractivity contribution < 1.29 is 0 Å². The van der Waals surface area contributed by atoms with Gasteiger partial charge in [-0.15, -0.1) is 0 Å². The molecule has 0 N–H and O–H groups in total. The second-order valence-electron chi connectivity index (χ2n) is 6.33. The van der Waals surface area contributed by atoms with Gasteiger partial charge >= 0.3 is 5.69 Å². The summed E-state index contributed by atoms with van der Waals surface area (Å²) in [7, 11) is 4.64. The summed E-state index contributed by atoms with van der Waals surface area (Å²) < 4.78 is 4.24. The molecule has 3 aromatic rings. The van der Waals surface area contributed by atoms with E-state index in [1.807, 2.05) is 47.2 Å². The number of hydrogen-bond donors (Lipinski definition) is 0. The molecule has 0 amide bonds. The van der Waals surface area contributed by atoms with Crippen LogP contribution in [0.3, 0.4) is 0 Å². The molecule has 0 spiro atoms. The van der Waals surface area contributed by atoms with Gasteiger partial charge in [0.05, 0.1) is 6.54 Å². The third-order valence-electron chi connectivity index (χ3n) is 4.48. The molecule has 0 fully saturated rings. The lowest BCUT2D eigenvalue weighted by Crippen LogP contribution is -2.41. The number of benzene rings is 1. The minimum atomic E-state index is -0.602. The van der Waals surface area contributed by atoms with Gasteiger partial charge in [0, 0.05) is 40.1 Å². The second-order valence-corrected chi connectivity index (χ2v) is 6.33. The van der Waals surface area contributed by atoms with Gasteiger partial charge in [-0.2, -0.15) is 5.26 Å². The number of rotatable bonds is 5. The van der Waals surface area contributed by atoms with Crippen LogP contribution < -0.4 is 16.1 Å². The van der Waals surface area contributed by atoms with Gasteiger partial charge in [-0.25, -0.2) is 9.78 Å². The molecule has 3 rings (SSSR count). The zero-order valence-corrected chi connectivity index (χ0v) is 15.5. The highest BCUT2D eigenvalue weighted by atomic mass is 16.2. The van der Waals surface area contributed by atoms with Gasteiger partial charge < -0.3 is 9.47 Å². The van der Waals surface area contributed by atoms with Crippen LogP contribution in [0, 0.1) is 11.3 Å². The van der Waals surface area contributed by atoms with E-state index in [1.54, 1.807) is 25.2 Å². The minimum Gasteiger partial charge on any atom is -0.352 e. The monoisotopic (exact) mass is 364 g/mol. The van der Waals surface area contributed by atoms with Crippen LogP contribution in [0.2, 0.25) is 0 Å². The van der Waals surface area contributed by atoms with Crippen molar-refractivity contribution in [1.82, 2.24) is 18.7 Å². The van der Waals surface area contributed by atoms with E-state index in [1.165, 1.54) is 11.6 Å². The highest BCUT2D eigenvalue weighted by molar-refractivity contribution is 5.52. The molecule has 0 radical (unpaired) electrons. The van der Waals surface area contributed by atoms with E-state index in [2.05, 4.69) is 4.98 Å². The van der Waals surface area contributed by atoms with Crippen LogP contribution in [0.5, 0.6) is 0 Å². The molecule has 2 aromatic heterocycles. The zero-order chi connectivity index (χ0) is 19.6. The standard InChI is InChI=1S/C19H20N6O2/c1-22(17-15(11-20)18(26)24(3)19(27)23(17)2)13-16-21-9-10-25(16)12-14-7-5-4-6-8-14/h4-10H,12-13H2,1-3H3. The molecule has 8 heteroatoms. The van der Waals surface area contributed by atoms with E-state index in [-0.39, 0.29) is 11.4 Å². The van der Waals surface area contributed by atoms with E-state index >= 15 is 0 Å². The Kier molecular flexibility index (Phi) is 4.94. The summed E-state index contributed by atoms with van der Waals surface area (Å²) in [5.74, 6) is 1.04. The Morgan fingerprint density at radius 1 is 1.15 bits per heavy atom. The highest BCUT2D eigenvalue weighted by Crippen LogP contribution is 2.16. The van der Waals surface area contributed by atoms with E-state index in [0.717, 1.165) is 16.0 Å². The van der Waals surface area contributed by atoms with Gasteiger partial charge in [0.2, 0.25) is 0 Å². The number of nitrogens with zero attached hydrogens (tertiary/aromatic N) is 6. The number of anilines is 1. The van der Waals surface area contributed by atoms with Crippen LogP contribution in [-0.2, 0) is 27.2 Å². The largest absolute Gasteiger partial charge is 0.352 e. The predicted octanol–water partition coefficient (Wildman–Crippen LogP) is 0.837. The Bertz CT molecular complexity index is 1120. The molecule has 0 aliphatic carbocycles. The maximum absolute atomic E-state index is 12.3. The molecular formula is C19H20N6O2. The van der Waals surface area contributed by atoms with Crippen LogP contribution in [0.25, 0.3) is 0 Å². The molecule has 0 unspecified atom stereocenters. The summed E-state index contributed by atoms with van der Waals surface area (Å²) in [5, 5.41) is 9.44. The van der Waals surface area contributed by atoms with Crippen molar-refractivity contribution in [3.05, 3.63) is 80.5 Å². The van der Waals surface area contributed by atoms with Gasteiger partial charge in [0.15, 0.2) is 5.56 Å². The molecule has 0 saturated heterocycles. The summed E-state index contributed by atoms with van der Waals surface area (Å²) in [5.41, 5.74) is -0.00934. The van der Waals surface area contributed by atoms with E-state index in [4.69, 9.17) is 0 Å². The summed E-state index contributed by atoms with van der Waals surface area (Å²) in [6.45, 7) is 1.000. The Morgan fingerprint density at radius 2 is 1.85 bits per heavy atom. The predicted molar refractivity (Wildman–Crippen MR) is 102 cm³/mol. The average Bonchev–Trinajstić information content (AvgIpc) is 3.10. The van der Waals surface area contributed by atoms with Crippen molar-refractivity contribution in [2.45, 2.75) is 13.1 Å². The summed E-state index contributed by atoms with van der Waals surface area (Å²) >= 11 is 0. The first-order valence-electron chi connectivity index (χ1n) is 8.39. The van der Waals surface area contributed by atoms with Gasteiger partial charge in [-0.3, -0.25) is 13.9 Å². The lowest BCUT2D eigenvalue weighted by atomic mass is 10.2. The van der Waals surface area contributed by atoms with Crippen molar-refractivity contribution in [3.8, 4) is 6.07 Å². The van der Waals surface area contributed by atoms with Gasteiger partial charge in [-0.1, -0.05) is 30.3 Å². The molecule has 0 aliphatic heterocycles. The Balaban J connectivity index is 1.95. The van der Waals surface area contributed by atoms with Gasteiger partial charge in [-0.05, 0) is 5.56 Å². The van der Waals surface area contributed by atoms with E-state index < -0.39 is 11.2 Å². The molecule has 138 valence electrons. The third kappa shape index (κ3) is 3.40. The summed E-state index contributed by atoms with van der Waals surface area (Å²) in [4.78, 5) is 30.6. The lowest BCUT2D eigenvalue weighted by molar-refractivity contribution is 0.651. The van der Waals surface area contributed by atoms with E-state index in [0.29, 0.717) is 13.1 Å². The highest BCUT2D eigenvalue weighted by Gasteiger charge is 2.20. The topological polar surface area (TPSA) is 88.8 Å². The molecule has 0 aliphatic rings. The molecule has 0 bridgehead atoms. The Morgan fingerprint density at radius 3 is 2.52 bits per heavy atom. The maximum atomic E-state index is 12.3. The Hall–Kier alpha value is -3.60. The van der Waals surface area contributed by atoms with Crippen LogP contribution >= 0.6 is 0 Å². The van der Waals surface area contributed by atoms with Crippen LogP contribution in [0.15, 0.2) is 52.3 Å². The molecular weight excluding hydrogens is 344 g/mol. The lowest BCUT2D eigenvalue weighted by Gasteiger charge is -2.23. The number of nitriles is 1. The van der Waals surface area contributed by atoms with Crippen molar-refractivity contribution in [2.24, 2.45) is 14.1 Å². The molecule has 1 aromatic carbocycles. The van der Waals surface area contributed by atoms with Crippen molar-refractivity contribution in [2.75, 3.05) is 11.9 Å². The number of hydrogen-bond acceptors (Lipinski definition) is 5. The minimum absolute atomic E-state index is 0.0664. The third-order valence-corrected chi connectivity index (χ3v) is 4.48. The first-order chi connectivity index (χ1) is 12.9. The molecule has 0 saturated carbocycles. The SMILES string of the molecule is CN(Cc1nccn1Cc1ccccc1)c1c(C#N)c(=O)n(C)c(=O)n1C. The molecule has 0 atom stereocenters. The fourth-order valence-corrected chi connectivity index (χ4v) is 3.08. The first-order valence-corrected chi connectivity index (χ1v) is 8.39. The van der Waals surface area contributed by atoms with Crippen LogP contribution in [0.4, 0.5) is 5.82 Å². The van der Waals surface area contributed by atoms with Crippen LogP contribution in [0.1, 0.15) is 17.0 Å². The van der Waals surface area contributed by atoms with Gasteiger partial charge in [0.25, 0.3) is 5.56 Å². The molecule has 8 nitrogen and oxygen atoms in total. The smallest absolute Gasteiger partial charge is 0.332 e. The number of imidazole rings is 1. The average molecular weight is 364 g/mol. The zero-order valence-electron chi connectivity index (χ0n) is 15.5. The first kappa shape index (κ1) is 18.2. The fourth-order valence-electron chi connectivity index (χ4n) is 3.08. The quantitative estimate of drug-likeness (QED) is 0.669. The van der Waals surface area contributed by atoms with Crippen molar-refractivity contribution in [1.29, 1.82) is 5.26 Å². The van der Waals surface area contributed by atoms with Crippen LogP contribution in [-0.4, -0.2) is 25.7 Å². The summed E-state index contributed by atoms with van der Waals surface area (Å²) in [6.07, 6.45) is 3.59. The normalized spacial score (nSPS) is 10.6. The summed E-state index contributed by atoms with van der Waals surface area (Å²) in [6, 6.07) is 11.9.